The standard InChI is InChI=1S/C11H17ClN4/c12-10-6-14-7-16-11(10)15-5-8-1-3-9(13)4-2-8/h6-9H,1-5,13H2,(H,14,15,16). The van der Waals surface area contributed by atoms with Gasteiger partial charge in [-0.2, -0.15) is 0 Å². The summed E-state index contributed by atoms with van der Waals surface area (Å²) in [5.41, 5.74) is 5.87. The lowest BCUT2D eigenvalue weighted by Crippen LogP contribution is -2.29. The highest BCUT2D eigenvalue weighted by atomic mass is 35.5. The predicted octanol–water partition coefficient (Wildman–Crippen LogP) is 2.06. The zero-order chi connectivity index (χ0) is 11.4. The second kappa shape index (κ2) is 5.46. The van der Waals surface area contributed by atoms with E-state index in [9.17, 15) is 0 Å². The summed E-state index contributed by atoms with van der Waals surface area (Å²) in [5.74, 6) is 1.41. The molecule has 5 heteroatoms. The Morgan fingerprint density at radius 1 is 1.38 bits per heavy atom. The molecule has 2 rings (SSSR count). The van der Waals surface area contributed by atoms with Gasteiger partial charge in [0.15, 0.2) is 0 Å². The summed E-state index contributed by atoms with van der Waals surface area (Å²) in [6, 6.07) is 0.402. The van der Waals surface area contributed by atoms with E-state index < -0.39 is 0 Å². The fraction of sp³-hybridized carbons (Fsp3) is 0.636. The molecule has 0 radical (unpaired) electrons. The third-order valence-electron chi connectivity index (χ3n) is 3.12. The molecule has 1 heterocycles. The minimum absolute atomic E-state index is 0.402. The van der Waals surface area contributed by atoms with Crippen LogP contribution in [0.5, 0.6) is 0 Å². The molecule has 1 aromatic rings. The molecule has 88 valence electrons. The molecule has 1 aliphatic carbocycles. The molecule has 0 saturated heterocycles. The first-order chi connectivity index (χ1) is 7.75. The molecule has 1 fully saturated rings. The van der Waals surface area contributed by atoms with E-state index in [4.69, 9.17) is 17.3 Å². The summed E-state index contributed by atoms with van der Waals surface area (Å²) >= 11 is 5.96. The van der Waals surface area contributed by atoms with Gasteiger partial charge in [-0.3, -0.25) is 0 Å². The number of hydrogen-bond acceptors (Lipinski definition) is 4. The Balaban J connectivity index is 1.81. The van der Waals surface area contributed by atoms with E-state index in [0.29, 0.717) is 17.0 Å². The van der Waals surface area contributed by atoms with Gasteiger partial charge < -0.3 is 11.1 Å². The molecule has 0 atom stereocenters. The van der Waals surface area contributed by atoms with Gasteiger partial charge in [0.05, 0.1) is 6.20 Å². The van der Waals surface area contributed by atoms with Gasteiger partial charge in [-0.15, -0.1) is 0 Å². The Morgan fingerprint density at radius 3 is 2.81 bits per heavy atom. The van der Waals surface area contributed by atoms with Gasteiger partial charge in [0.1, 0.15) is 17.2 Å². The van der Waals surface area contributed by atoms with Gasteiger partial charge in [0, 0.05) is 12.6 Å². The van der Waals surface area contributed by atoms with Crippen LogP contribution in [0.4, 0.5) is 5.82 Å². The van der Waals surface area contributed by atoms with Crippen LogP contribution in [0.3, 0.4) is 0 Å². The topological polar surface area (TPSA) is 63.8 Å². The first-order valence-electron chi connectivity index (χ1n) is 5.70. The van der Waals surface area contributed by atoms with Crippen LogP contribution >= 0.6 is 11.6 Å². The Hall–Kier alpha value is -0.870. The molecule has 0 spiro atoms. The number of nitrogens with one attached hydrogen (secondary N) is 1. The Kier molecular flexibility index (Phi) is 3.96. The summed E-state index contributed by atoms with van der Waals surface area (Å²) < 4.78 is 0. The van der Waals surface area contributed by atoms with Crippen LogP contribution in [0.2, 0.25) is 5.02 Å². The summed E-state index contributed by atoms with van der Waals surface area (Å²) in [7, 11) is 0. The average molecular weight is 241 g/mol. The second-order valence-electron chi connectivity index (χ2n) is 4.38. The van der Waals surface area contributed by atoms with Gasteiger partial charge >= 0.3 is 0 Å². The first-order valence-corrected chi connectivity index (χ1v) is 6.08. The van der Waals surface area contributed by atoms with E-state index in [0.717, 1.165) is 25.2 Å². The number of hydrogen-bond donors (Lipinski definition) is 2. The maximum Gasteiger partial charge on any atom is 0.148 e. The van der Waals surface area contributed by atoms with Crippen molar-refractivity contribution in [2.45, 2.75) is 31.7 Å². The largest absolute Gasteiger partial charge is 0.368 e. The number of nitrogens with two attached hydrogens (primary N) is 1. The van der Waals surface area contributed by atoms with Crippen molar-refractivity contribution in [3.05, 3.63) is 17.5 Å². The normalized spacial score (nSPS) is 25.4. The lowest BCUT2D eigenvalue weighted by Gasteiger charge is -2.26. The van der Waals surface area contributed by atoms with Gasteiger partial charge in [-0.05, 0) is 31.6 Å². The smallest absolute Gasteiger partial charge is 0.148 e. The Morgan fingerprint density at radius 2 is 2.12 bits per heavy atom. The van der Waals surface area contributed by atoms with Crippen LogP contribution in [0.25, 0.3) is 0 Å². The molecule has 1 aromatic heterocycles. The third kappa shape index (κ3) is 3.06. The highest BCUT2D eigenvalue weighted by molar-refractivity contribution is 6.32. The van der Waals surface area contributed by atoms with Crippen molar-refractivity contribution in [1.29, 1.82) is 0 Å². The van der Waals surface area contributed by atoms with E-state index in [-0.39, 0.29) is 0 Å². The first kappa shape index (κ1) is 11.6. The summed E-state index contributed by atoms with van der Waals surface area (Å²) in [5, 5.41) is 3.85. The lowest BCUT2D eigenvalue weighted by atomic mass is 9.86. The van der Waals surface area contributed by atoms with E-state index in [1.54, 1.807) is 6.20 Å². The van der Waals surface area contributed by atoms with Crippen molar-refractivity contribution in [3.8, 4) is 0 Å². The SMILES string of the molecule is NC1CCC(CNc2ncncc2Cl)CC1. The minimum Gasteiger partial charge on any atom is -0.368 e. The molecule has 0 bridgehead atoms. The van der Waals surface area contributed by atoms with E-state index >= 15 is 0 Å². The van der Waals surface area contributed by atoms with Crippen molar-refractivity contribution in [2.24, 2.45) is 11.7 Å². The van der Waals surface area contributed by atoms with Gasteiger partial charge in [-0.25, -0.2) is 9.97 Å². The van der Waals surface area contributed by atoms with Crippen LogP contribution in [0.1, 0.15) is 25.7 Å². The average Bonchev–Trinajstić information content (AvgIpc) is 2.30. The second-order valence-corrected chi connectivity index (χ2v) is 4.79. The van der Waals surface area contributed by atoms with Crippen LogP contribution in [-0.4, -0.2) is 22.6 Å². The monoisotopic (exact) mass is 240 g/mol. The van der Waals surface area contributed by atoms with Crippen LogP contribution < -0.4 is 11.1 Å². The van der Waals surface area contributed by atoms with Crippen molar-refractivity contribution >= 4 is 17.4 Å². The van der Waals surface area contributed by atoms with Crippen molar-refractivity contribution in [2.75, 3.05) is 11.9 Å². The molecule has 0 amide bonds. The number of rotatable bonds is 3. The fourth-order valence-corrected chi connectivity index (χ4v) is 2.25. The van der Waals surface area contributed by atoms with Gasteiger partial charge in [0.25, 0.3) is 0 Å². The number of halogens is 1. The molecule has 3 N–H and O–H groups in total. The maximum absolute atomic E-state index is 5.96. The molecule has 0 aliphatic heterocycles. The van der Waals surface area contributed by atoms with E-state index in [2.05, 4.69) is 15.3 Å². The molecular formula is C11H17ClN4. The third-order valence-corrected chi connectivity index (χ3v) is 3.39. The lowest BCUT2D eigenvalue weighted by molar-refractivity contribution is 0.338. The predicted molar refractivity (Wildman–Crippen MR) is 65.5 cm³/mol. The molecule has 4 nitrogen and oxygen atoms in total. The molecule has 1 saturated carbocycles. The summed E-state index contributed by atoms with van der Waals surface area (Å²) in [6.45, 7) is 0.920. The van der Waals surface area contributed by atoms with Crippen LogP contribution in [0, 0.1) is 5.92 Å². The quantitative estimate of drug-likeness (QED) is 0.849. The minimum atomic E-state index is 0.402. The molecule has 16 heavy (non-hydrogen) atoms. The summed E-state index contributed by atoms with van der Waals surface area (Å²) in [6.07, 6.45) is 7.75. The molecule has 0 unspecified atom stereocenters. The molecular weight excluding hydrogens is 224 g/mol. The number of aromatic nitrogens is 2. The summed E-state index contributed by atoms with van der Waals surface area (Å²) in [4.78, 5) is 7.95. The van der Waals surface area contributed by atoms with Crippen molar-refractivity contribution < 1.29 is 0 Å². The fourth-order valence-electron chi connectivity index (χ4n) is 2.08. The van der Waals surface area contributed by atoms with E-state index in [1.165, 1.54) is 19.2 Å². The Labute approximate surface area is 101 Å². The zero-order valence-corrected chi connectivity index (χ0v) is 9.95. The molecule has 0 aromatic carbocycles. The van der Waals surface area contributed by atoms with Crippen molar-refractivity contribution in [3.63, 3.8) is 0 Å². The van der Waals surface area contributed by atoms with E-state index in [1.807, 2.05) is 0 Å². The van der Waals surface area contributed by atoms with Crippen LogP contribution in [0.15, 0.2) is 12.5 Å². The Bertz CT molecular complexity index is 337. The van der Waals surface area contributed by atoms with Gasteiger partial charge in [0.2, 0.25) is 0 Å². The highest BCUT2D eigenvalue weighted by Gasteiger charge is 2.18. The number of nitrogens with zero attached hydrogens (tertiary/aromatic N) is 2. The van der Waals surface area contributed by atoms with Crippen LogP contribution in [-0.2, 0) is 0 Å². The number of anilines is 1. The van der Waals surface area contributed by atoms with Crippen molar-refractivity contribution in [1.82, 2.24) is 9.97 Å². The zero-order valence-electron chi connectivity index (χ0n) is 9.19. The van der Waals surface area contributed by atoms with Gasteiger partial charge in [-0.1, -0.05) is 11.6 Å². The molecule has 1 aliphatic rings. The highest BCUT2D eigenvalue weighted by Crippen LogP contribution is 2.24. The maximum atomic E-state index is 5.96.